The van der Waals surface area contributed by atoms with Crippen LogP contribution in [-0.2, 0) is 0 Å². The average Bonchev–Trinajstić information content (AvgIpc) is 3.13. The number of ether oxygens (including phenoxy) is 1. The minimum absolute atomic E-state index is 0.185. The van der Waals surface area contributed by atoms with E-state index in [1.165, 1.54) is 5.57 Å². The predicted molar refractivity (Wildman–Crippen MR) is 108 cm³/mol. The van der Waals surface area contributed by atoms with E-state index in [-0.39, 0.29) is 12.8 Å². The Kier molecular flexibility index (Phi) is 5.69. The Morgan fingerprint density at radius 3 is 2.85 bits per heavy atom. The van der Waals surface area contributed by atoms with Crippen molar-refractivity contribution in [3.63, 3.8) is 0 Å². The van der Waals surface area contributed by atoms with Crippen LogP contribution in [0.5, 0.6) is 11.5 Å². The number of phenols is 1. The second-order valence-electron chi connectivity index (χ2n) is 7.01. The lowest BCUT2D eigenvalue weighted by Gasteiger charge is -2.19. The summed E-state index contributed by atoms with van der Waals surface area (Å²) in [5, 5.41) is 9.71. The van der Waals surface area contributed by atoms with E-state index < -0.39 is 0 Å². The van der Waals surface area contributed by atoms with Crippen LogP contribution in [0.25, 0.3) is 5.57 Å². The topological polar surface area (TPSA) is 32.7 Å². The van der Waals surface area contributed by atoms with Gasteiger partial charge in [0.1, 0.15) is 17.6 Å². The zero-order valence-corrected chi connectivity index (χ0v) is 16.1. The summed E-state index contributed by atoms with van der Waals surface area (Å²) >= 11 is 1.74. The van der Waals surface area contributed by atoms with Crippen LogP contribution in [0.4, 0.5) is 4.39 Å². The fourth-order valence-electron chi connectivity index (χ4n) is 3.74. The van der Waals surface area contributed by atoms with E-state index in [1.54, 1.807) is 17.8 Å². The maximum absolute atomic E-state index is 12.3. The zero-order chi connectivity index (χ0) is 18.6. The molecule has 0 spiro atoms. The van der Waals surface area contributed by atoms with Crippen LogP contribution in [0.3, 0.4) is 0 Å². The van der Waals surface area contributed by atoms with Crippen LogP contribution in [0.2, 0.25) is 0 Å². The Labute approximate surface area is 163 Å². The fraction of sp³-hybridized carbons (Fsp3) is 0.364. The monoisotopic (exact) mass is 385 g/mol. The van der Waals surface area contributed by atoms with E-state index in [9.17, 15) is 9.50 Å². The first-order valence-corrected chi connectivity index (χ1v) is 10.4. The van der Waals surface area contributed by atoms with Crippen LogP contribution in [0, 0.1) is 0 Å². The molecule has 2 aromatic rings. The molecule has 0 saturated carbocycles. The molecule has 2 aliphatic rings. The third-order valence-corrected chi connectivity index (χ3v) is 6.07. The van der Waals surface area contributed by atoms with Crippen molar-refractivity contribution in [1.82, 2.24) is 4.90 Å². The average molecular weight is 386 g/mol. The molecular formula is C22H24FNO2S. The lowest BCUT2D eigenvalue weighted by molar-refractivity contribution is 0.198. The highest BCUT2D eigenvalue weighted by molar-refractivity contribution is 7.99. The van der Waals surface area contributed by atoms with E-state index in [0.29, 0.717) is 12.2 Å². The van der Waals surface area contributed by atoms with Gasteiger partial charge in [-0.2, -0.15) is 0 Å². The Morgan fingerprint density at radius 1 is 1.19 bits per heavy atom. The second-order valence-corrected chi connectivity index (χ2v) is 8.07. The first-order chi connectivity index (χ1) is 13.2. The number of benzene rings is 2. The number of nitrogens with zero attached hydrogens (tertiary/aromatic N) is 1. The molecule has 0 aromatic heterocycles. The van der Waals surface area contributed by atoms with Crippen LogP contribution in [0.15, 0.2) is 53.4 Å². The third-order valence-electron chi connectivity index (χ3n) is 5.09. The van der Waals surface area contributed by atoms with Crippen LogP contribution in [0.1, 0.15) is 24.0 Å². The molecule has 1 saturated heterocycles. The van der Waals surface area contributed by atoms with Crippen molar-refractivity contribution in [2.24, 2.45) is 0 Å². The normalized spacial score (nSPS) is 19.6. The standard InChI is InChI=1S/C22H24FNO2S/c23-10-1-11-24-12-8-19(15-24)26-18-5-2-16(3-6-18)20-9-13-27-22-14-17(25)4-7-21(20)22/h2-7,9,14,19,25H,1,8,10-13,15H2/t19-/m0/s1. The Bertz CT molecular complexity index is 822. The molecule has 2 aliphatic heterocycles. The molecule has 5 heteroatoms. The molecule has 0 amide bonds. The van der Waals surface area contributed by atoms with Gasteiger partial charge in [-0.15, -0.1) is 11.8 Å². The number of halogens is 1. The van der Waals surface area contributed by atoms with Gasteiger partial charge in [0.15, 0.2) is 0 Å². The molecule has 0 radical (unpaired) electrons. The van der Waals surface area contributed by atoms with E-state index in [1.807, 2.05) is 24.3 Å². The Hall–Kier alpha value is -1.98. The van der Waals surface area contributed by atoms with Gasteiger partial charge < -0.3 is 9.84 Å². The number of likely N-dealkylation sites (tertiary alicyclic amines) is 1. The van der Waals surface area contributed by atoms with Gasteiger partial charge in [-0.1, -0.05) is 18.2 Å². The summed E-state index contributed by atoms with van der Waals surface area (Å²) in [5.74, 6) is 2.09. The summed E-state index contributed by atoms with van der Waals surface area (Å²) in [6.07, 6.45) is 4.02. The first-order valence-electron chi connectivity index (χ1n) is 9.44. The molecule has 1 fully saturated rings. The molecule has 1 N–H and O–H groups in total. The third kappa shape index (κ3) is 4.30. The number of phenolic OH excluding ortho intramolecular Hbond substituents is 1. The van der Waals surface area contributed by atoms with E-state index >= 15 is 0 Å². The van der Waals surface area contributed by atoms with Gasteiger partial charge in [0.05, 0.1) is 6.67 Å². The van der Waals surface area contributed by atoms with Crippen molar-refractivity contribution in [3.8, 4) is 11.5 Å². The van der Waals surface area contributed by atoms with E-state index in [0.717, 1.165) is 53.6 Å². The van der Waals surface area contributed by atoms with E-state index in [2.05, 4.69) is 23.1 Å². The molecule has 2 aromatic carbocycles. The molecule has 2 heterocycles. The SMILES string of the molecule is Oc1ccc2c(c1)SCC=C2c1ccc(O[C@H]2CCN(CCCF)C2)cc1. The summed E-state index contributed by atoms with van der Waals surface area (Å²) in [4.78, 5) is 3.39. The van der Waals surface area contributed by atoms with E-state index in [4.69, 9.17) is 4.74 Å². The molecular weight excluding hydrogens is 361 g/mol. The van der Waals surface area contributed by atoms with Crippen molar-refractivity contribution < 1.29 is 14.2 Å². The zero-order valence-electron chi connectivity index (χ0n) is 15.2. The number of aromatic hydroxyl groups is 1. The lowest BCUT2D eigenvalue weighted by atomic mass is 9.97. The summed E-state index contributed by atoms with van der Waals surface area (Å²) in [6.45, 7) is 2.43. The minimum Gasteiger partial charge on any atom is -0.508 e. The molecule has 4 rings (SSSR count). The Balaban J connectivity index is 1.42. The van der Waals surface area contributed by atoms with Gasteiger partial charge in [0.25, 0.3) is 0 Å². The van der Waals surface area contributed by atoms with Gasteiger partial charge in [0, 0.05) is 30.3 Å². The number of alkyl halides is 1. The molecule has 0 aliphatic carbocycles. The summed E-state index contributed by atoms with van der Waals surface area (Å²) < 4.78 is 18.4. The molecule has 3 nitrogen and oxygen atoms in total. The highest BCUT2D eigenvalue weighted by Crippen LogP contribution is 2.39. The van der Waals surface area contributed by atoms with Gasteiger partial charge >= 0.3 is 0 Å². The van der Waals surface area contributed by atoms with Crippen LogP contribution < -0.4 is 4.74 Å². The largest absolute Gasteiger partial charge is 0.508 e. The number of hydrogen-bond donors (Lipinski definition) is 1. The Morgan fingerprint density at radius 2 is 2.04 bits per heavy atom. The molecule has 27 heavy (non-hydrogen) atoms. The van der Waals surface area contributed by atoms with Crippen molar-refractivity contribution in [2.45, 2.75) is 23.8 Å². The van der Waals surface area contributed by atoms with Crippen molar-refractivity contribution in [3.05, 3.63) is 59.7 Å². The smallest absolute Gasteiger partial charge is 0.119 e. The second kappa shape index (κ2) is 8.36. The highest BCUT2D eigenvalue weighted by Gasteiger charge is 2.23. The van der Waals surface area contributed by atoms with Gasteiger partial charge in [-0.25, -0.2) is 0 Å². The van der Waals surface area contributed by atoms with Crippen LogP contribution in [-0.4, -0.2) is 48.2 Å². The number of thioether (sulfide) groups is 1. The maximum atomic E-state index is 12.3. The minimum atomic E-state index is -0.249. The number of fused-ring (bicyclic) bond motifs is 1. The number of rotatable bonds is 6. The molecule has 142 valence electrons. The highest BCUT2D eigenvalue weighted by atomic mass is 32.2. The first kappa shape index (κ1) is 18.4. The quantitative estimate of drug-likeness (QED) is 0.778. The van der Waals surface area contributed by atoms with Gasteiger partial charge in [-0.05, 0) is 59.9 Å². The molecule has 0 bridgehead atoms. The summed E-state index contributed by atoms with van der Waals surface area (Å²) in [5.41, 5.74) is 3.52. The fourth-order valence-corrected chi connectivity index (χ4v) is 4.70. The van der Waals surface area contributed by atoms with Crippen molar-refractivity contribution in [2.75, 3.05) is 32.1 Å². The van der Waals surface area contributed by atoms with Gasteiger partial charge in [-0.3, -0.25) is 9.29 Å². The lowest BCUT2D eigenvalue weighted by Crippen LogP contribution is -2.26. The van der Waals surface area contributed by atoms with Gasteiger partial charge in [0.2, 0.25) is 0 Å². The molecule has 1 atom stereocenters. The summed E-state index contributed by atoms with van der Waals surface area (Å²) in [7, 11) is 0. The maximum Gasteiger partial charge on any atom is 0.119 e. The molecule has 0 unspecified atom stereocenters. The van der Waals surface area contributed by atoms with Crippen LogP contribution >= 0.6 is 11.8 Å². The predicted octanol–water partition coefficient (Wildman–Crippen LogP) is 4.74. The number of hydrogen-bond acceptors (Lipinski definition) is 4. The van der Waals surface area contributed by atoms with Crippen molar-refractivity contribution >= 4 is 17.3 Å². The van der Waals surface area contributed by atoms with Crippen molar-refractivity contribution in [1.29, 1.82) is 0 Å². The summed E-state index contributed by atoms with van der Waals surface area (Å²) in [6, 6.07) is 13.8.